The molecule has 0 bridgehead atoms. The van der Waals surface area contributed by atoms with Gasteiger partial charge in [0, 0.05) is 6.42 Å². The molecule has 0 saturated heterocycles. The summed E-state index contributed by atoms with van der Waals surface area (Å²) < 4.78 is 5.09. The summed E-state index contributed by atoms with van der Waals surface area (Å²) >= 11 is 0. The van der Waals surface area contributed by atoms with Gasteiger partial charge in [-0.1, -0.05) is 181 Å². The lowest BCUT2D eigenvalue weighted by atomic mass is 10.0. The highest BCUT2D eigenvalue weighted by atomic mass is 15.1. The third-order valence-corrected chi connectivity index (χ3v) is 9.16. The van der Waals surface area contributed by atoms with Crippen molar-refractivity contribution in [2.45, 2.75) is 226 Å². The Bertz CT molecular complexity index is 619. The molecule has 2 heteroatoms. The summed E-state index contributed by atoms with van der Waals surface area (Å²) in [6.45, 7) is 9.38. The molecule has 0 amide bonds. The molecule has 236 valence electrons. The van der Waals surface area contributed by atoms with Crippen LogP contribution in [0.2, 0.25) is 0 Å². The fraction of sp³-hybridized carbons (Fsp3) is 0.921. The van der Waals surface area contributed by atoms with E-state index in [1.807, 2.05) is 0 Å². The van der Waals surface area contributed by atoms with Crippen LogP contribution in [0.1, 0.15) is 213 Å². The van der Waals surface area contributed by atoms with Crippen LogP contribution in [0.15, 0.2) is 12.4 Å². The van der Waals surface area contributed by atoms with Gasteiger partial charge in [-0.3, -0.25) is 0 Å². The van der Waals surface area contributed by atoms with Crippen LogP contribution in [0.25, 0.3) is 0 Å². The Morgan fingerprint density at radius 3 is 1.10 bits per heavy atom. The van der Waals surface area contributed by atoms with Gasteiger partial charge >= 0.3 is 0 Å². The average Bonchev–Trinajstić information content (AvgIpc) is 3.36. The van der Waals surface area contributed by atoms with Crippen molar-refractivity contribution in [2.75, 3.05) is 0 Å². The van der Waals surface area contributed by atoms with E-state index in [0.29, 0.717) is 0 Å². The van der Waals surface area contributed by atoms with Gasteiger partial charge in [-0.25, -0.2) is 9.13 Å². The van der Waals surface area contributed by atoms with Gasteiger partial charge < -0.3 is 0 Å². The van der Waals surface area contributed by atoms with E-state index in [-0.39, 0.29) is 0 Å². The molecular formula is C38H75N2+. The zero-order chi connectivity index (χ0) is 28.8. The molecule has 0 aliphatic rings. The molecule has 0 aromatic carbocycles. The minimum absolute atomic E-state index is 1.16. The van der Waals surface area contributed by atoms with Crippen molar-refractivity contribution in [1.82, 2.24) is 4.57 Å². The second-order valence-corrected chi connectivity index (χ2v) is 13.0. The Morgan fingerprint density at radius 2 is 0.750 bits per heavy atom. The van der Waals surface area contributed by atoms with Crippen molar-refractivity contribution < 1.29 is 4.57 Å². The second kappa shape index (κ2) is 29.7. The van der Waals surface area contributed by atoms with E-state index in [0.717, 1.165) is 6.42 Å². The predicted molar refractivity (Wildman–Crippen MR) is 179 cm³/mol. The monoisotopic (exact) mass is 560 g/mol. The third-order valence-electron chi connectivity index (χ3n) is 9.16. The van der Waals surface area contributed by atoms with Gasteiger partial charge in [-0.2, -0.15) is 0 Å². The summed E-state index contributed by atoms with van der Waals surface area (Å²) in [5.41, 5.74) is 0. The highest BCUT2D eigenvalue weighted by Gasteiger charge is 2.14. The van der Waals surface area contributed by atoms with Crippen molar-refractivity contribution in [3.05, 3.63) is 18.2 Å². The van der Waals surface area contributed by atoms with Gasteiger partial charge in [-0.05, 0) is 25.7 Å². The lowest BCUT2D eigenvalue weighted by Gasteiger charge is -2.05. The van der Waals surface area contributed by atoms with Crippen molar-refractivity contribution in [2.24, 2.45) is 0 Å². The summed E-state index contributed by atoms with van der Waals surface area (Å²) in [6, 6.07) is 0. The Morgan fingerprint density at radius 1 is 0.425 bits per heavy atom. The SMILES string of the molecule is CCCCCCCCCCCCCCCCCCC[n+]1ccn(CCCCCCCCCCCCCC)c1CC. The van der Waals surface area contributed by atoms with E-state index < -0.39 is 0 Å². The van der Waals surface area contributed by atoms with Crippen LogP contribution >= 0.6 is 0 Å². The minimum Gasteiger partial charge on any atom is -0.234 e. The maximum absolute atomic E-state index is 2.55. The standard InChI is InChI=1S/C38H75N2/c1-4-7-9-11-13-15-17-19-20-21-22-23-25-27-29-31-33-35-40-37-36-39(38(40)6-3)34-32-30-28-26-24-18-16-14-12-10-8-5-2/h36-37H,4-35H2,1-3H3/q+1. The summed E-state index contributed by atoms with van der Waals surface area (Å²) in [4.78, 5) is 0. The number of hydrogen-bond acceptors (Lipinski definition) is 0. The second-order valence-electron chi connectivity index (χ2n) is 13.0. The Kier molecular flexibility index (Phi) is 27.6. The molecule has 0 aliphatic heterocycles. The number of nitrogens with zero attached hydrogens (tertiary/aromatic N) is 2. The molecule has 0 fully saturated rings. The Labute approximate surface area is 253 Å². The molecule has 0 spiro atoms. The molecule has 1 aromatic rings. The van der Waals surface area contributed by atoms with E-state index in [4.69, 9.17) is 0 Å². The number of imidazole rings is 1. The van der Waals surface area contributed by atoms with Crippen molar-refractivity contribution in [3.63, 3.8) is 0 Å². The Balaban J connectivity index is 1.93. The first-order chi connectivity index (χ1) is 19.8. The molecule has 0 radical (unpaired) electrons. The summed E-state index contributed by atoms with van der Waals surface area (Å²) in [5.74, 6) is 1.54. The molecule has 0 aliphatic carbocycles. The zero-order valence-corrected chi connectivity index (χ0v) is 28.2. The molecule has 1 heterocycles. The average molecular weight is 560 g/mol. The van der Waals surface area contributed by atoms with Crippen molar-refractivity contribution >= 4 is 0 Å². The van der Waals surface area contributed by atoms with Crippen LogP contribution in [-0.2, 0) is 19.5 Å². The van der Waals surface area contributed by atoms with Crippen LogP contribution in [0.5, 0.6) is 0 Å². The number of rotatable bonds is 32. The first kappa shape index (κ1) is 37.2. The molecule has 0 N–H and O–H groups in total. The summed E-state index contributed by atoms with van der Waals surface area (Å²) in [7, 11) is 0. The minimum atomic E-state index is 1.16. The van der Waals surface area contributed by atoms with Crippen LogP contribution in [-0.4, -0.2) is 4.57 Å². The van der Waals surface area contributed by atoms with Gasteiger partial charge in [0.25, 0.3) is 5.82 Å². The molecular weight excluding hydrogens is 484 g/mol. The van der Waals surface area contributed by atoms with Crippen LogP contribution in [0, 0.1) is 0 Å². The summed E-state index contributed by atoms with van der Waals surface area (Å²) in [5, 5.41) is 0. The number of unbranched alkanes of at least 4 members (excludes halogenated alkanes) is 27. The zero-order valence-electron chi connectivity index (χ0n) is 28.2. The predicted octanol–water partition coefficient (Wildman–Crippen LogP) is 12.7. The van der Waals surface area contributed by atoms with Gasteiger partial charge in [0.2, 0.25) is 0 Å². The van der Waals surface area contributed by atoms with Crippen LogP contribution < -0.4 is 4.57 Å². The van der Waals surface area contributed by atoms with E-state index in [2.05, 4.69) is 42.3 Å². The molecule has 0 atom stereocenters. The molecule has 0 unspecified atom stereocenters. The lowest BCUT2D eigenvalue weighted by Crippen LogP contribution is -2.37. The van der Waals surface area contributed by atoms with Crippen molar-refractivity contribution in [1.29, 1.82) is 0 Å². The normalized spacial score (nSPS) is 11.6. The van der Waals surface area contributed by atoms with Gasteiger partial charge in [0.1, 0.15) is 12.4 Å². The van der Waals surface area contributed by atoms with E-state index in [1.165, 1.54) is 199 Å². The van der Waals surface area contributed by atoms with Crippen LogP contribution in [0.3, 0.4) is 0 Å². The number of hydrogen-bond donors (Lipinski definition) is 0. The fourth-order valence-electron chi connectivity index (χ4n) is 6.44. The van der Waals surface area contributed by atoms with Crippen molar-refractivity contribution in [3.8, 4) is 0 Å². The molecule has 2 nitrogen and oxygen atoms in total. The van der Waals surface area contributed by atoms with Gasteiger partial charge in [-0.15, -0.1) is 0 Å². The molecule has 1 rings (SSSR count). The maximum atomic E-state index is 2.55. The largest absolute Gasteiger partial charge is 0.256 e. The topological polar surface area (TPSA) is 8.81 Å². The van der Waals surface area contributed by atoms with Crippen LogP contribution in [0.4, 0.5) is 0 Å². The fourth-order valence-corrected chi connectivity index (χ4v) is 6.44. The quantitative estimate of drug-likeness (QED) is 0.0613. The third kappa shape index (κ3) is 21.9. The van der Waals surface area contributed by atoms with E-state index in [9.17, 15) is 0 Å². The summed E-state index contributed by atoms with van der Waals surface area (Å²) in [6.07, 6.45) is 47.7. The first-order valence-electron chi connectivity index (χ1n) is 18.9. The molecule has 40 heavy (non-hydrogen) atoms. The van der Waals surface area contributed by atoms with E-state index in [1.54, 1.807) is 5.82 Å². The van der Waals surface area contributed by atoms with E-state index >= 15 is 0 Å². The van der Waals surface area contributed by atoms with Gasteiger partial charge in [0.05, 0.1) is 13.1 Å². The number of aromatic nitrogens is 2. The first-order valence-corrected chi connectivity index (χ1v) is 18.9. The number of aryl methyl sites for hydroxylation is 2. The lowest BCUT2D eigenvalue weighted by molar-refractivity contribution is -0.704. The molecule has 0 saturated carbocycles. The Hall–Kier alpha value is -0.790. The highest BCUT2D eigenvalue weighted by molar-refractivity contribution is 4.83. The highest BCUT2D eigenvalue weighted by Crippen LogP contribution is 2.15. The molecule has 1 aromatic heterocycles. The smallest absolute Gasteiger partial charge is 0.234 e. The van der Waals surface area contributed by atoms with Gasteiger partial charge in [0.15, 0.2) is 0 Å². The maximum Gasteiger partial charge on any atom is 0.256 e.